The van der Waals surface area contributed by atoms with Gasteiger partial charge in [0.2, 0.25) is 0 Å². The summed E-state index contributed by atoms with van der Waals surface area (Å²) in [5.41, 5.74) is 16.7. The molecule has 48 heavy (non-hydrogen) atoms. The molecular weight excluding hydrogens is 735 g/mol. The first-order chi connectivity index (χ1) is 23.0. The third-order valence-electron chi connectivity index (χ3n) is 9.32. The molecule has 6 heteroatoms. The molecule has 0 amide bonds. The number of hydrogen-bond donors (Lipinski definition) is 0. The topological polar surface area (TPSA) is 6.48 Å². The maximum atomic E-state index is 6.19. The molecule has 1 unspecified atom stereocenters. The van der Waals surface area contributed by atoms with Crippen molar-refractivity contribution in [2.24, 2.45) is 0 Å². The molecule has 2 fully saturated rings. The van der Waals surface area contributed by atoms with Gasteiger partial charge >= 0.3 is 120 Å². The summed E-state index contributed by atoms with van der Waals surface area (Å²) < 4.78 is 1.12. The Morgan fingerprint density at radius 3 is 1.54 bits per heavy atom. The van der Waals surface area contributed by atoms with Crippen molar-refractivity contribution in [3.05, 3.63) is 142 Å². The van der Waals surface area contributed by atoms with Gasteiger partial charge in [-0.05, 0) is 82.3 Å². The number of allylic oxidation sites excluding steroid dienone is 1. The summed E-state index contributed by atoms with van der Waals surface area (Å²) in [6.45, 7) is 17.6. The van der Waals surface area contributed by atoms with E-state index in [2.05, 4.69) is 128 Å². The second-order valence-corrected chi connectivity index (χ2v) is 20.1. The van der Waals surface area contributed by atoms with Gasteiger partial charge in [0.25, 0.3) is 0 Å². The normalized spacial score (nSPS) is 16.1. The van der Waals surface area contributed by atoms with E-state index in [1.807, 2.05) is 24.3 Å². The Morgan fingerprint density at radius 1 is 0.646 bits per heavy atom. The molecule has 7 rings (SSSR count). The number of hydrogen-bond acceptors (Lipinski definition) is 2. The molecule has 1 heterocycles. The first kappa shape index (κ1) is 37.0. The number of rotatable bonds is 3. The molecule has 0 spiro atoms. The molecule has 2 aliphatic carbocycles. The molecule has 0 radical (unpaired) electrons. The summed E-state index contributed by atoms with van der Waals surface area (Å²) in [6.07, 6.45) is 9.46. The van der Waals surface area contributed by atoms with Gasteiger partial charge in [-0.3, -0.25) is 0 Å². The Hall–Kier alpha value is -2.28. The zero-order valence-corrected chi connectivity index (χ0v) is 33.7. The van der Waals surface area contributed by atoms with Crippen LogP contribution in [-0.4, -0.2) is 22.9 Å². The fourth-order valence-electron chi connectivity index (χ4n) is 7.39. The number of fused-ring (bicyclic) bond motifs is 1. The van der Waals surface area contributed by atoms with Crippen molar-refractivity contribution in [3.8, 4) is 0 Å². The van der Waals surface area contributed by atoms with Gasteiger partial charge in [-0.2, -0.15) is 6.67 Å². The van der Waals surface area contributed by atoms with E-state index in [0.717, 1.165) is 22.9 Å². The molecule has 2 nitrogen and oxygen atoms in total. The summed E-state index contributed by atoms with van der Waals surface area (Å²) in [5.74, 6) is 0. The minimum atomic E-state index is -1.88. The van der Waals surface area contributed by atoms with Gasteiger partial charge in [0.15, 0.2) is 0 Å². The van der Waals surface area contributed by atoms with Crippen molar-refractivity contribution >= 4 is 49.7 Å². The molecule has 4 aromatic rings. The van der Waals surface area contributed by atoms with E-state index in [4.69, 9.17) is 19.4 Å². The zero-order valence-electron chi connectivity index (χ0n) is 29.3. The summed E-state index contributed by atoms with van der Waals surface area (Å²) in [5, 5.41) is 0. The van der Waals surface area contributed by atoms with Crippen LogP contribution in [0.25, 0.3) is 5.57 Å². The molecular formula is C42H50Cl2N2PRu-. The SMILES string of the molecule is Cc1cc(C)c(N2[CH-]N(c3c(C)cc(C)cc3C)CC2)c(C)c1.PC1CCCCC1.[Cl][Ru]([Cl])=[C]1C=C(c2ccccc2)c2ccccc21. The number of halogens is 2. The van der Waals surface area contributed by atoms with Gasteiger partial charge in [0.05, 0.1) is 0 Å². The molecule has 3 aliphatic rings. The van der Waals surface area contributed by atoms with Crippen LogP contribution >= 0.6 is 28.6 Å². The maximum absolute atomic E-state index is 6.19. The Labute approximate surface area is 305 Å². The van der Waals surface area contributed by atoms with Crippen LogP contribution in [0.3, 0.4) is 0 Å². The average Bonchev–Trinajstić information content (AvgIpc) is 3.67. The standard InChI is InChI=1S/C21H27N2.C15H10.C6H13P.2ClH.Ru/c1-14-9-16(3)20(17(4)10-14)22-7-8-23(13-22)21-18(5)11-15(2)12-19(21)6;1-2-6-12(7-3-1)15-11-10-13-8-4-5-9-14(13)15;7-6-4-2-1-3-5-6;;;/h9-13H,7-8H2,1-6H3;1-9,11H;6H,1-5,7H2;2*1H;/q-1;;;;;+2/p-2. The average molecular weight is 786 g/mol. The predicted molar refractivity (Wildman–Crippen MR) is 213 cm³/mol. The Morgan fingerprint density at radius 2 is 1.10 bits per heavy atom. The van der Waals surface area contributed by atoms with E-state index < -0.39 is 13.5 Å². The summed E-state index contributed by atoms with van der Waals surface area (Å²) in [4.78, 5) is 4.81. The van der Waals surface area contributed by atoms with E-state index >= 15 is 0 Å². The van der Waals surface area contributed by atoms with Crippen LogP contribution in [0.1, 0.15) is 82.2 Å². The zero-order chi connectivity index (χ0) is 34.4. The minimum absolute atomic E-state index is 0.953. The van der Waals surface area contributed by atoms with Gasteiger partial charge < -0.3 is 9.80 Å². The molecule has 0 bridgehead atoms. The van der Waals surface area contributed by atoms with Crippen LogP contribution in [0.15, 0.2) is 84.9 Å². The Bertz CT molecular complexity index is 1680. The number of nitrogens with zero attached hydrogens (tertiary/aromatic N) is 2. The van der Waals surface area contributed by atoms with Crippen molar-refractivity contribution in [1.82, 2.24) is 0 Å². The predicted octanol–water partition coefficient (Wildman–Crippen LogP) is 11.8. The first-order valence-corrected chi connectivity index (χ1v) is 23.1. The van der Waals surface area contributed by atoms with E-state index in [9.17, 15) is 0 Å². The Balaban J connectivity index is 0.000000159. The van der Waals surface area contributed by atoms with E-state index in [1.165, 1.54) is 99.1 Å². The van der Waals surface area contributed by atoms with Crippen LogP contribution in [-0.2, 0) is 13.5 Å². The monoisotopic (exact) mass is 785 g/mol. The van der Waals surface area contributed by atoms with Crippen molar-refractivity contribution in [2.75, 3.05) is 22.9 Å². The Kier molecular flexibility index (Phi) is 13.2. The molecule has 1 saturated carbocycles. The summed E-state index contributed by atoms with van der Waals surface area (Å²) >= 11 is -1.88. The quantitative estimate of drug-likeness (QED) is 0.116. The van der Waals surface area contributed by atoms with Crippen LogP contribution in [0, 0.1) is 48.2 Å². The van der Waals surface area contributed by atoms with E-state index in [1.54, 1.807) is 0 Å². The van der Waals surface area contributed by atoms with Crippen molar-refractivity contribution in [2.45, 2.75) is 79.3 Å². The molecule has 4 aromatic carbocycles. The molecule has 1 saturated heterocycles. The summed E-state index contributed by atoms with van der Waals surface area (Å²) in [7, 11) is 15.3. The fraction of sp³-hybridized carbons (Fsp3) is 0.333. The second-order valence-electron chi connectivity index (χ2n) is 13.4. The molecule has 256 valence electrons. The number of benzene rings is 4. The van der Waals surface area contributed by atoms with Crippen LogP contribution in [0.2, 0.25) is 0 Å². The van der Waals surface area contributed by atoms with Crippen LogP contribution < -0.4 is 9.80 Å². The second kappa shape index (κ2) is 17.1. The fourth-order valence-corrected chi connectivity index (χ4v) is 10.3. The van der Waals surface area contributed by atoms with Gasteiger partial charge in [-0.15, -0.1) is 9.24 Å². The number of aryl methyl sites for hydroxylation is 6. The van der Waals surface area contributed by atoms with Crippen molar-refractivity contribution in [1.29, 1.82) is 0 Å². The molecule has 0 aromatic heterocycles. The third kappa shape index (κ3) is 9.09. The van der Waals surface area contributed by atoms with Crippen molar-refractivity contribution < 1.29 is 13.5 Å². The van der Waals surface area contributed by atoms with Crippen molar-refractivity contribution in [3.63, 3.8) is 0 Å². The first-order valence-electron chi connectivity index (χ1n) is 17.1. The third-order valence-corrected chi connectivity index (χ3v) is 13.1. The molecule has 1 aliphatic heterocycles. The van der Waals surface area contributed by atoms with Crippen LogP contribution in [0.5, 0.6) is 0 Å². The molecule has 0 N–H and O–H groups in total. The van der Waals surface area contributed by atoms with Gasteiger partial charge in [-0.25, -0.2) is 0 Å². The van der Waals surface area contributed by atoms with E-state index in [-0.39, 0.29) is 0 Å². The summed E-state index contributed by atoms with van der Waals surface area (Å²) in [6, 6.07) is 27.8. The van der Waals surface area contributed by atoms with Gasteiger partial charge in [-0.1, -0.05) is 54.7 Å². The van der Waals surface area contributed by atoms with E-state index in [0.29, 0.717) is 0 Å². The number of anilines is 2. The molecule has 1 atom stereocenters. The van der Waals surface area contributed by atoms with Gasteiger partial charge in [0.1, 0.15) is 0 Å². The van der Waals surface area contributed by atoms with Crippen LogP contribution in [0.4, 0.5) is 11.4 Å². The van der Waals surface area contributed by atoms with Gasteiger partial charge in [0, 0.05) is 24.5 Å².